The Balaban J connectivity index is 2.08. The zero-order valence-electron chi connectivity index (χ0n) is 10.0. The van der Waals surface area contributed by atoms with Gasteiger partial charge < -0.3 is 14.9 Å². The van der Waals surface area contributed by atoms with Gasteiger partial charge in [0.05, 0.1) is 6.42 Å². The van der Waals surface area contributed by atoms with E-state index in [4.69, 9.17) is 4.74 Å². The summed E-state index contributed by atoms with van der Waals surface area (Å²) in [6, 6.07) is 11.5. The lowest BCUT2D eigenvalue weighted by atomic mass is 9.86. The van der Waals surface area contributed by atoms with Crippen molar-refractivity contribution in [3.05, 3.63) is 53.6 Å². The second-order valence-electron chi connectivity index (χ2n) is 4.54. The lowest BCUT2D eigenvalue weighted by Crippen LogP contribution is -2.20. The molecule has 0 unspecified atom stereocenters. The molecule has 4 nitrogen and oxygen atoms in total. The fraction of sp³-hybridized carbons (Fsp3) is 0.133. The molecule has 4 heteroatoms. The Morgan fingerprint density at radius 2 is 1.68 bits per heavy atom. The van der Waals surface area contributed by atoms with Crippen LogP contribution in [0.4, 0.5) is 0 Å². The van der Waals surface area contributed by atoms with Crippen molar-refractivity contribution in [2.75, 3.05) is 0 Å². The summed E-state index contributed by atoms with van der Waals surface area (Å²) in [7, 11) is 0. The Morgan fingerprint density at radius 1 is 1.00 bits per heavy atom. The van der Waals surface area contributed by atoms with Gasteiger partial charge in [-0.05, 0) is 23.8 Å². The van der Waals surface area contributed by atoms with Crippen LogP contribution in [-0.2, 0) is 4.79 Å². The fourth-order valence-corrected chi connectivity index (χ4v) is 2.34. The van der Waals surface area contributed by atoms with E-state index >= 15 is 0 Å². The van der Waals surface area contributed by atoms with Gasteiger partial charge in [0, 0.05) is 17.5 Å². The van der Waals surface area contributed by atoms with Crippen molar-refractivity contribution in [3.8, 4) is 17.2 Å². The molecule has 1 aliphatic rings. The van der Waals surface area contributed by atoms with Crippen LogP contribution in [0.5, 0.6) is 17.2 Å². The first kappa shape index (κ1) is 11.6. The molecule has 0 fully saturated rings. The summed E-state index contributed by atoms with van der Waals surface area (Å²) in [4.78, 5) is 11.6. The molecule has 96 valence electrons. The van der Waals surface area contributed by atoms with Crippen LogP contribution >= 0.6 is 0 Å². The molecule has 0 aliphatic carbocycles. The van der Waals surface area contributed by atoms with E-state index in [1.807, 2.05) is 0 Å². The number of fused-ring (bicyclic) bond motifs is 1. The number of rotatable bonds is 1. The average Bonchev–Trinajstić information content (AvgIpc) is 2.38. The molecule has 2 N–H and O–H groups in total. The lowest BCUT2D eigenvalue weighted by molar-refractivity contribution is -0.135. The van der Waals surface area contributed by atoms with E-state index in [0.717, 1.165) is 11.1 Å². The van der Waals surface area contributed by atoms with Crippen LogP contribution in [0.3, 0.4) is 0 Å². The standard InChI is InChI=1S/C15H12O4/c16-10-3-1-9(2-4-10)13-8-15(18)19-14-7-11(17)5-6-12(13)14/h1-7,13,16-17H,8H2/t13-/m1/s1. The lowest BCUT2D eigenvalue weighted by Gasteiger charge is -2.24. The quantitative estimate of drug-likeness (QED) is 0.607. The summed E-state index contributed by atoms with van der Waals surface area (Å²) >= 11 is 0. The maximum atomic E-state index is 11.6. The van der Waals surface area contributed by atoms with Crippen LogP contribution < -0.4 is 4.74 Å². The minimum atomic E-state index is -0.323. The van der Waals surface area contributed by atoms with Gasteiger partial charge in [0.15, 0.2) is 0 Å². The number of esters is 1. The summed E-state index contributed by atoms with van der Waals surface area (Å²) in [6.07, 6.45) is 0.253. The predicted molar refractivity (Wildman–Crippen MR) is 68.3 cm³/mol. The van der Waals surface area contributed by atoms with Crippen LogP contribution in [0.2, 0.25) is 0 Å². The molecule has 0 spiro atoms. The Kier molecular flexibility index (Phi) is 2.63. The van der Waals surface area contributed by atoms with Gasteiger partial charge in [-0.3, -0.25) is 4.79 Å². The second kappa shape index (κ2) is 4.31. The van der Waals surface area contributed by atoms with E-state index in [1.54, 1.807) is 36.4 Å². The Morgan fingerprint density at radius 3 is 2.42 bits per heavy atom. The topological polar surface area (TPSA) is 66.8 Å². The number of aromatic hydroxyl groups is 2. The highest BCUT2D eigenvalue weighted by atomic mass is 16.5. The van der Waals surface area contributed by atoms with Crippen molar-refractivity contribution >= 4 is 5.97 Å². The molecule has 0 aromatic heterocycles. The van der Waals surface area contributed by atoms with Gasteiger partial charge >= 0.3 is 5.97 Å². The van der Waals surface area contributed by atoms with E-state index in [9.17, 15) is 15.0 Å². The normalized spacial score (nSPS) is 17.7. The molecule has 0 amide bonds. The number of hydrogen-bond acceptors (Lipinski definition) is 4. The molecule has 19 heavy (non-hydrogen) atoms. The molecule has 0 saturated heterocycles. The number of ether oxygens (including phenoxy) is 1. The number of benzene rings is 2. The first-order chi connectivity index (χ1) is 9.13. The molecule has 0 saturated carbocycles. The van der Waals surface area contributed by atoms with Crippen molar-refractivity contribution in [2.45, 2.75) is 12.3 Å². The number of phenolic OH excluding ortho intramolecular Hbond substituents is 2. The fourth-order valence-electron chi connectivity index (χ4n) is 2.34. The van der Waals surface area contributed by atoms with Crippen LogP contribution in [0, 0.1) is 0 Å². The third kappa shape index (κ3) is 2.12. The minimum absolute atomic E-state index is 0.0675. The van der Waals surface area contributed by atoms with Crippen LogP contribution in [-0.4, -0.2) is 16.2 Å². The van der Waals surface area contributed by atoms with E-state index in [2.05, 4.69) is 0 Å². The van der Waals surface area contributed by atoms with Gasteiger partial charge in [0.25, 0.3) is 0 Å². The summed E-state index contributed by atoms with van der Waals surface area (Å²) in [6.45, 7) is 0. The van der Waals surface area contributed by atoms with Crippen LogP contribution in [0.25, 0.3) is 0 Å². The summed E-state index contributed by atoms with van der Waals surface area (Å²) in [5.41, 5.74) is 1.80. The van der Waals surface area contributed by atoms with Crippen LogP contribution in [0.1, 0.15) is 23.5 Å². The van der Waals surface area contributed by atoms with E-state index in [-0.39, 0.29) is 29.8 Å². The largest absolute Gasteiger partial charge is 0.508 e. The van der Waals surface area contributed by atoms with Gasteiger partial charge in [-0.25, -0.2) is 0 Å². The Bertz CT molecular complexity index is 631. The number of hydrogen-bond donors (Lipinski definition) is 2. The highest BCUT2D eigenvalue weighted by Gasteiger charge is 2.28. The molecule has 1 atom stereocenters. The molecule has 2 aromatic rings. The van der Waals surface area contributed by atoms with E-state index in [1.165, 1.54) is 6.07 Å². The predicted octanol–water partition coefficient (Wildman–Crippen LogP) is 2.54. The number of carbonyl (C=O) groups excluding carboxylic acids is 1. The Hall–Kier alpha value is -2.49. The first-order valence-electron chi connectivity index (χ1n) is 5.96. The van der Waals surface area contributed by atoms with Gasteiger partial charge in [-0.2, -0.15) is 0 Å². The SMILES string of the molecule is O=C1C[C@H](c2ccc(O)cc2)c2ccc(O)cc2O1. The maximum Gasteiger partial charge on any atom is 0.312 e. The molecular formula is C15H12O4. The highest BCUT2D eigenvalue weighted by Crippen LogP contribution is 2.40. The third-order valence-electron chi connectivity index (χ3n) is 3.26. The maximum absolute atomic E-state index is 11.6. The summed E-state index contributed by atoms with van der Waals surface area (Å²) in [5.74, 6) is 0.217. The zero-order chi connectivity index (χ0) is 13.4. The number of carbonyl (C=O) groups is 1. The summed E-state index contributed by atoms with van der Waals surface area (Å²) < 4.78 is 5.14. The van der Waals surface area contributed by atoms with Gasteiger partial charge in [0.1, 0.15) is 17.2 Å². The van der Waals surface area contributed by atoms with Crippen LogP contribution in [0.15, 0.2) is 42.5 Å². The minimum Gasteiger partial charge on any atom is -0.508 e. The van der Waals surface area contributed by atoms with Gasteiger partial charge in [-0.15, -0.1) is 0 Å². The van der Waals surface area contributed by atoms with Crippen molar-refractivity contribution < 1.29 is 19.7 Å². The highest BCUT2D eigenvalue weighted by molar-refractivity contribution is 5.78. The average molecular weight is 256 g/mol. The molecule has 1 heterocycles. The van der Waals surface area contributed by atoms with Gasteiger partial charge in [0.2, 0.25) is 0 Å². The third-order valence-corrected chi connectivity index (χ3v) is 3.26. The first-order valence-corrected chi connectivity index (χ1v) is 5.96. The molecule has 2 aromatic carbocycles. The second-order valence-corrected chi connectivity index (χ2v) is 4.54. The van der Waals surface area contributed by atoms with E-state index < -0.39 is 0 Å². The molecular weight excluding hydrogens is 244 g/mol. The molecule has 0 radical (unpaired) electrons. The smallest absolute Gasteiger partial charge is 0.312 e. The van der Waals surface area contributed by atoms with E-state index in [0.29, 0.717) is 5.75 Å². The molecule has 3 rings (SSSR count). The molecule has 1 aliphatic heterocycles. The van der Waals surface area contributed by atoms with Crippen molar-refractivity contribution in [3.63, 3.8) is 0 Å². The number of phenols is 2. The monoisotopic (exact) mass is 256 g/mol. The molecule has 0 bridgehead atoms. The Labute approximate surface area is 109 Å². The van der Waals surface area contributed by atoms with Crippen molar-refractivity contribution in [1.82, 2.24) is 0 Å². The van der Waals surface area contributed by atoms with Crippen molar-refractivity contribution in [2.24, 2.45) is 0 Å². The van der Waals surface area contributed by atoms with Gasteiger partial charge in [-0.1, -0.05) is 18.2 Å². The summed E-state index contributed by atoms with van der Waals surface area (Å²) in [5, 5.41) is 18.8. The van der Waals surface area contributed by atoms with Crippen molar-refractivity contribution in [1.29, 1.82) is 0 Å². The zero-order valence-corrected chi connectivity index (χ0v) is 10.0.